The maximum atomic E-state index is 12.0. The average molecular weight is 267 g/mol. The smallest absolute Gasteiger partial charge is 0.330 e. The first-order valence-electron chi connectivity index (χ1n) is 5.41. The molecule has 0 spiro atoms. The SMILES string of the molecule is Cc1ccc(S(=O)(=O)N[C@H]2C=CC(=O)OC2)cc1. The fraction of sp³-hybridized carbons (Fsp3) is 0.250. The van der Waals surface area contributed by atoms with E-state index in [0.717, 1.165) is 5.56 Å². The minimum absolute atomic E-state index is 0.0143. The summed E-state index contributed by atoms with van der Waals surface area (Å²) in [5, 5.41) is 0. The average Bonchev–Trinajstić information content (AvgIpc) is 2.32. The first-order valence-corrected chi connectivity index (χ1v) is 6.90. The van der Waals surface area contributed by atoms with Gasteiger partial charge in [0.2, 0.25) is 10.0 Å². The molecule has 1 aliphatic rings. The number of rotatable bonds is 3. The van der Waals surface area contributed by atoms with Crippen LogP contribution in [0.15, 0.2) is 41.3 Å². The Kier molecular flexibility index (Phi) is 3.49. The fourth-order valence-electron chi connectivity index (χ4n) is 1.53. The summed E-state index contributed by atoms with van der Waals surface area (Å²) in [6.45, 7) is 1.90. The third-order valence-electron chi connectivity index (χ3n) is 2.51. The van der Waals surface area contributed by atoms with E-state index in [1.54, 1.807) is 12.1 Å². The van der Waals surface area contributed by atoms with Crippen molar-refractivity contribution in [2.24, 2.45) is 0 Å². The van der Waals surface area contributed by atoms with Gasteiger partial charge in [-0.1, -0.05) is 23.8 Å². The molecule has 1 aromatic carbocycles. The number of hydrogen-bond donors (Lipinski definition) is 1. The summed E-state index contributed by atoms with van der Waals surface area (Å²) in [6, 6.07) is 6.01. The molecule has 1 aliphatic heterocycles. The minimum Gasteiger partial charge on any atom is -0.460 e. The van der Waals surface area contributed by atoms with Crippen LogP contribution in [0, 0.1) is 6.92 Å². The van der Waals surface area contributed by atoms with E-state index >= 15 is 0 Å². The number of carbonyl (C=O) groups is 1. The van der Waals surface area contributed by atoms with Crippen LogP contribution in [0.3, 0.4) is 0 Å². The number of aryl methyl sites for hydroxylation is 1. The summed E-state index contributed by atoms with van der Waals surface area (Å²) in [5.41, 5.74) is 0.987. The van der Waals surface area contributed by atoms with E-state index < -0.39 is 22.0 Å². The van der Waals surface area contributed by atoms with E-state index in [4.69, 9.17) is 4.74 Å². The van der Waals surface area contributed by atoms with Gasteiger partial charge < -0.3 is 4.74 Å². The molecule has 0 aromatic heterocycles. The lowest BCUT2D eigenvalue weighted by atomic mass is 10.2. The number of cyclic esters (lactones) is 1. The summed E-state index contributed by atoms with van der Waals surface area (Å²) in [5.74, 6) is -0.458. The van der Waals surface area contributed by atoms with E-state index in [1.165, 1.54) is 24.3 Å². The predicted molar refractivity (Wildman–Crippen MR) is 65.4 cm³/mol. The summed E-state index contributed by atoms with van der Waals surface area (Å²) >= 11 is 0. The van der Waals surface area contributed by atoms with Crippen LogP contribution in [0.2, 0.25) is 0 Å². The molecule has 0 fully saturated rings. The van der Waals surface area contributed by atoms with Crippen LogP contribution < -0.4 is 4.72 Å². The van der Waals surface area contributed by atoms with E-state index in [9.17, 15) is 13.2 Å². The van der Waals surface area contributed by atoms with Gasteiger partial charge in [0.05, 0.1) is 10.9 Å². The molecule has 0 bridgehead atoms. The summed E-state index contributed by atoms with van der Waals surface area (Å²) in [7, 11) is -3.59. The maximum Gasteiger partial charge on any atom is 0.330 e. The van der Waals surface area contributed by atoms with E-state index in [2.05, 4.69) is 4.72 Å². The first kappa shape index (κ1) is 12.8. The van der Waals surface area contributed by atoms with Gasteiger partial charge in [-0.15, -0.1) is 0 Å². The van der Waals surface area contributed by atoms with Crippen LogP contribution >= 0.6 is 0 Å². The highest BCUT2D eigenvalue weighted by atomic mass is 32.2. The second kappa shape index (κ2) is 4.91. The largest absolute Gasteiger partial charge is 0.460 e. The summed E-state index contributed by atoms with van der Waals surface area (Å²) in [6.07, 6.45) is 2.70. The van der Waals surface area contributed by atoms with Gasteiger partial charge in [-0.05, 0) is 19.1 Å². The topological polar surface area (TPSA) is 72.5 Å². The molecular formula is C12H13NO4S. The molecule has 0 amide bonds. The zero-order valence-electron chi connectivity index (χ0n) is 9.79. The summed E-state index contributed by atoms with van der Waals surface area (Å²) in [4.78, 5) is 11.0. The Labute approximate surface area is 106 Å². The molecule has 18 heavy (non-hydrogen) atoms. The molecular weight excluding hydrogens is 254 g/mol. The second-order valence-electron chi connectivity index (χ2n) is 4.03. The highest BCUT2D eigenvalue weighted by Crippen LogP contribution is 2.11. The molecule has 0 saturated heterocycles. The molecule has 1 N–H and O–H groups in total. The molecule has 0 radical (unpaired) electrons. The lowest BCUT2D eigenvalue weighted by Gasteiger charge is -2.18. The lowest BCUT2D eigenvalue weighted by molar-refractivity contribution is -0.138. The number of benzene rings is 1. The van der Waals surface area contributed by atoms with Crippen molar-refractivity contribution in [3.63, 3.8) is 0 Å². The molecule has 1 heterocycles. The van der Waals surface area contributed by atoms with Crippen molar-refractivity contribution in [1.82, 2.24) is 4.72 Å². The molecule has 1 aromatic rings. The molecule has 0 saturated carbocycles. The maximum absolute atomic E-state index is 12.0. The van der Waals surface area contributed by atoms with Crippen LogP contribution in [0.1, 0.15) is 5.56 Å². The zero-order valence-corrected chi connectivity index (χ0v) is 10.6. The first-order chi connectivity index (χ1) is 8.47. The number of sulfonamides is 1. The van der Waals surface area contributed by atoms with E-state index in [1.807, 2.05) is 6.92 Å². The third kappa shape index (κ3) is 2.96. The van der Waals surface area contributed by atoms with Crippen molar-refractivity contribution in [3.8, 4) is 0 Å². The minimum atomic E-state index is -3.59. The Hall–Kier alpha value is -1.66. The quantitative estimate of drug-likeness (QED) is 0.820. The number of ether oxygens (including phenoxy) is 1. The highest BCUT2D eigenvalue weighted by Gasteiger charge is 2.21. The second-order valence-corrected chi connectivity index (χ2v) is 5.74. The van der Waals surface area contributed by atoms with E-state index in [0.29, 0.717) is 0 Å². The summed E-state index contributed by atoms with van der Waals surface area (Å²) < 4.78 is 31.2. The normalized spacial score (nSPS) is 19.6. The van der Waals surface area contributed by atoms with Gasteiger partial charge in [0.25, 0.3) is 0 Å². The molecule has 6 heteroatoms. The third-order valence-corrected chi connectivity index (χ3v) is 4.01. The van der Waals surface area contributed by atoms with Crippen LogP contribution in [-0.4, -0.2) is 27.0 Å². The van der Waals surface area contributed by atoms with Gasteiger partial charge in [-0.25, -0.2) is 17.9 Å². The highest BCUT2D eigenvalue weighted by molar-refractivity contribution is 7.89. The van der Waals surface area contributed by atoms with Gasteiger partial charge in [-0.3, -0.25) is 0 Å². The number of nitrogens with one attached hydrogen (secondary N) is 1. The van der Waals surface area contributed by atoms with Gasteiger partial charge >= 0.3 is 5.97 Å². The van der Waals surface area contributed by atoms with Crippen molar-refractivity contribution in [2.75, 3.05) is 6.61 Å². The molecule has 1 atom stereocenters. The van der Waals surface area contributed by atoms with Crippen molar-refractivity contribution in [1.29, 1.82) is 0 Å². The Bertz CT molecular complexity index is 575. The van der Waals surface area contributed by atoms with Gasteiger partial charge in [0.1, 0.15) is 6.61 Å². The molecule has 2 rings (SSSR count). The predicted octanol–water partition coefficient (Wildman–Crippen LogP) is 0.755. The molecule has 5 nitrogen and oxygen atoms in total. The number of esters is 1. The van der Waals surface area contributed by atoms with Crippen LogP contribution in [0.4, 0.5) is 0 Å². The van der Waals surface area contributed by atoms with Crippen LogP contribution in [0.25, 0.3) is 0 Å². The molecule has 96 valence electrons. The van der Waals surface area contributed by atoms with E-state index in [-0.39, 0.29) is 11.5 Å². The Morgan fingerprint density at radius 2 is 1.94 bits per heavy atom. The molecule has 0 aliphatic carbocycles. The Morgan fingerprint density at radius 3 is 2.50 bits per heavy atom. The van der Waals surface area contributed by atoms with Gasteiger partial charge in [0.15, 0.2) is 0 Å². The number of hydrogen-bond acceptors (Lipinski definition) is 4. The van der Waals surface area contributed by atoms with Crippen LogP contribution in [0.5, 0.6) is 0 Å². The standard InChI is InChI=1S/C12H13NO4S/c1-9-2-5-11(6-3-9)18(15,16)13-10-4-7-12(14)17-8-10/h2-7,10,13H,8H2,1H3/t10-/m0/s1. The van der Waals surface area contributed by atoms with Gasteiger partial charge in [-0.2, -0.15) is 0 Å². The number of carbonyl (C=O) groups excluding carboxylic acids is 1. The lowest BCUT2D eigenvalue weighted by Crippen LogP contribution is -2.39. The Balaban J connectivity index is 2.15. The van der Waals surface area contributed by atoms with Crippen molar-refractivity contribution < 1.29 is 17.9 Å². The van der Waals surface area contributed by atoms with Gasteiger partial charge in [0, 0.05) is 6.08 Å². The Morgan fingerprint density at radius 1 is 1.28 bits per heavy atom. The van der Waals surface area contributed by atoms with Crippen LogP contribution in [-0.2, 0) is 19.6 Å². The van der Waals surface area contributed by atoms with Crippen molar-refractivity contribution >= 4 is 16.0 Å². The monoisotopic (exact) mass is 267 g/mol. The molecule has 0 unspecified atom stereocenters. The van der Waals surface area contributed by atoms with Crippen molar-refractivity contribution in [2.45, 2.75) is 17.9 Å². The zero-order chi connectivity index (χ0) is 13.2. The fourth-order valence-corrected chi connectivity index (χ4v) is 2.70. The van der Waals surface area contributed by atoms with Crippen molar-refractivity contribution in [3.05, 3.63) is 42.0 Å².